The van der Waals surface area contributed by atoms with Gasteiger partial charge >= 0.3 is 0 Å². The van der Waals surface area contributed by atoms with Gasteiger partial charge in [0.15, 0.2) is 0 Å². The van der Waals surface area contributed by atoms with Gasteiger partial charge in [0.1, 0.15) is 11.6 Å². The Hall–Kier alpha value is -1.06. The molecular weight excluding hydrogens is 331 g/mol. The molecule has 4 heteroatoms. The van der Waals surface area contributed by atoms with Crippen molar-refractivity contribution in [1.29, 1.82) is 0 Å². The molecule has 0 aliphatic heterocycles. The Bertz CT molecular complexity index is 601. The number of ether oxygens (including phenoxy) is 1. The van der Waals surface area contributed by atoms with Crippen LogP contribution in [0.15, 0.2) is 40.9 Å². The first kappa shape index (κ1) is 14.4. The highest BCUT2D eigenvalue weighted by Gasteiger charge is 2.17. The first-order valence-electron chi connectivity index (χ1n) is 5.77. The van der Waals surface area contributed by atoms with E-state index in [0.29, 0.717) is 10.0 Å². The van der Waals surface area contributed by atoms with Gasteiger partial charge in [-0.2, -0.15) is 0 Å². The molecule has 100 valence electrons. The van der Waals surface area contributed by atoms with Gasteiger partial charge in [-0.3, -0.25) is 0 Å². The lowest BCUT2D eigenvalue weighted by atomic mass is 10.0. The van der Waals surface area contributed by atoms with Crippen LogP contribution in [0.4, 0.5) is 4.39 Å². The van der Waals surface area contributed by atoms with Crippen LogP contribution >= 0.6 is 27.5 Å². The Labute approximate surface area is 125 Å². The third-order valence-corrected chi connectivity index (χ3v) is 4.07. The molecule has 0 aliphatic rings. The van der Waals surface area contributed by atoms with Gasteiger partial charge < -0.3 is 4.74 Å². The second kappa shape index (κ2) is 5.93. The molecule has 1 nitrogen and oxygen atoms in total. The molecule has 1 unspecified atom stereocenters. The lowest BCUT2D eigenvalue weighted by molar-refractivity contribution is 0.411. The molecule has 0 aliphatic carbocycles. The number of benzene rings is 2. The van der Waals surface area contributed by atoms with Crippen molar-refractivity contribution < 1.29 is 9.13 Å². The molecule has 0 aromatic heterocycles. The van der Waals surface area contributed by atoms with Crippen molar-refractivity contribution in [3.8, 4) is 5.75 Å². The van der Waals surface area contributed by atoms with Crippen LogP contribution in [-0.2, 0) is 0 Å². The molecule has 0 saturated carbocycles. The van der Waals surface area contributed by atoms with Crippen LogP contribution in [0.25, 0.3) is 0 Å². The topological polar surface area (TPSA) is 9.23 Å². The van der Waals surface area contributed by atoms with Crippen molar-refractivity contribution in [2.75, 3.05) is 7.11 Å². The van der Waals surface area contributed by atoms with Crippen LogP contribution in [0.1, 0.15) is 22.1 Å². The van der Waals surface area contributed by atoms with Crippen molar-refractivity contribution in [3.05, 3.63) is 63.4 Å². The van der Waals surface area contributed by atoms with Crippen molar-refractivity contribution in [3.63, 3.8) is 0 Å². The highest BCUT2D eigenvalue weighted by molar-refractivity contribution is 9.10. The Balaban J connectivity index is 2.41. The van der Waals surface area contributed by atoms with E-state index in [2.05, 4.69) is 15.9 Å². The second-order valence-corrected chi connectivity index (χ2v) is 5.53. The molecule has 0 radical (unpaired) electrons. The summed E-state index contributed by atoms with van der Waals surface area (Å²) in [5, 5.41) is -0.526. The molecule has 0 spiro atoms. The molecule has 2 rings (SSSR count). The summed E-state index contributed by atoms with van der Waals surface area (Å²) in [4.78, 5) is 0. The molecule has 0 saturated heterocycles. The van der Waals surface area contributed by atoms with Crippen LogP contribution < -0.4 is 4.74 Å². The van der Waals surface area contributed by atoms with E-state index in [1.54, 1.807) is 25.3 Å². The fraction of sp³-hybridized carbons (Fsp3) is 0.200. The summed E-state index contributed by atoms with van der Waals surface area (Å²) in [6.45, 7) is 1.93. The van der Waals surface area contributed by atoms with Crippen LogP contribution in [0, 0.1) is 12.7 Å². The van der Waals surface area contributed by atoms with Gasteiger partial charge in [-0.1, -0.05) is 24.3 Å². The van der Waals surface area contributed by atoms with Crippen LogP contribution in [0.5, 0.6) is 5.75 Å². The molecule has 0 amide bonds. The maximum atomic E-state index is 14.0. The molecule has 19 heavy (non-hydrogen) atoms. The predicted octanol–water partition coefficient (Wildman–Crippen LogP) is 5.23. The lowest BCUT2D eigenvalue weighted by Gasteiger charge is -2.14. The number of alkyl halides is 1. The van der Waals surface area contributed by atoms with Gasteiger partial charge in [0, 0.05) is 5.56 Å². The molecule has 2 aromatic rings. The normalized spacial score (nSPS) is 12.3. The Morgan fingerprint density at radius 3 is 2.63 bits per heavy atom. The molecule has 0 heterocycles. The van der Waals surface area contributed by atoms with Gasteiger partial charge in [0.25, 0.3) is 0 Å². The average molecular weight is 344 g/mol. The summed E-state index contributed by atoms with van der Waals surface area (Å²) in [6, 6.07) is 10.7. The lowest BCUT2D eigenvalue weighted by Crippen LogP contribution is -1.99. The number of halogens is 3. The van der Waals surface area contributed by atoms with E-state index in [-0.39, 0.29) is 5.82 Å². The minimum atomic E-state index is -0.526. The smallest absolute Gasteiger partial charge is 0.142 e. The zero-order chi connectivity index (χ0) is 14.0. The molecule has 2 aromatic carbocycles. The summed E-state index contributed by atoms with van der Waals surface area (Å²) in [5.41, 5.74) is 2.28. The fourth-order valence-electron chi connectivity index (χ4n) is 1.96. The van der Waals surface area contributed by atoms with Crippen LogP contribution in [0.3, 0.4) is 0 Å². The van der Waals surface area contributed by atoms with Gasteiger partial charge in [-0.25, -0.2) is 4.39 Å². The third-order valence-electron chi connectivity index (χ3n) is 2.97. The van der Waals surface area contributed by atoms with Crippen molar-refractivity contribution in [2.24, 2.45) is 0 Å². The van der Waals surface area contributed by atoms with Crippen LogP contribution in [0.2, 0.25) is 0 Å². The van der Waals surface area contributed by atoms with Crippen molar-refractivity contribution in [2.45, 2.75) is 12.3 Å². The number of aryl methyl sites for hydroxylation is 1. The van der Waals surface area contributed by atoms with Crippen LogP contribution in [-0.4, -0.2) is 7.11 Å². The molecule has 0 N–H and O–H groups in total. The second-order valence-electron chi connectivity index (χ2n) is 4.23. The Kier molecular flexibility index (Phi) is 4.48. The van der Waals surface area contributed by atoms with E-state index < -0.39 is 5.38 Å². The zero-order valence-electron chi connectivity index (χ0n) is 10.6. The number of rotatable bonds is 3. The molecule has 0 bridgehead atoms. The predicted molar refractivity (Wildman–Crippen MR) is 79.5 cm³/mol. The van der Waals surface area contributed by atoms with E-state index in [1.165, 1.54) is 0 Å². The number of hydrogen-bond donors (Lipinski definition) is 0. The number of methoxy groups -OCH3 is 1. The Morgan fingerprint density at radius 1 is 1.26 bits per heavy atom. The van der Waals surface area contributed by atoms with E-state index >= 15 is 0 Å². The van der Waals surface area contributed by atoms with E-state index in [0.717, 1.165) is 16.9 Å². The maximum absolute atomic E-state index is 14.0. The first-order valence-corrected chi connectivity index (χ1v) is 7.00. The maximum Gasteiger partial charge on any atom is 0.142 e. The quantitative estimate of drug-likeness (QED) is 0.693. The summed E-state index contributed by atoms with van der Waals surface area (Å²) in [5.74, 6) is 0.471. The third kappa shape index (κ3) is 2.93. The minimum Gasteiger partial charge on any atom is -0.496 e. The Morgan fingerprint density at radius 2 is 2.00 bits per heavy atom. The monoisotopic (exact) mass is 342 g/mol. The SMILES string of the molecule is COc1ccc(C(Cl)c2cccc(Br)c2F)cc1C. The van der Waals surface area contributed by atoms with Gasteiger partial charge in [0.05, 0.1) is 17.0 Å². The van der Waals surface area contributed by atoms with Gasteiger partial charge in [0.2, 0.25) is 0 Å². The fourth-order valence-corrected chi connectivity index (χ4v) is 2.64. The summed E-state index contributed by atoms with van der Waals surface area (Å²) in [7, 11) is 1.62. The minimum absolute atomic E-state index is 0.323. The number of hydrogen-bond acceptors (Lipinski definition) is 1. The first-order chi connectivity index (χ1) is 9.04. The highest BCUT2D eigenvalue weighted by atomic mass is 79.9. The van der Waals surface area contributed by atoms with E-state index in [9.17, 15) is 4.39 Å². The molecule has 1 atom stereocenters. The van der Waals surface area contributed by atoms with Gasteiger partial charge in [-0.05, 0) is 46.1 Å². The summed E-state index contributed by atoms with van der Waals surface area (Å²) < 4.78 is 19.6. The highest BCUT2D eigenvalue weighted by Crippen LogP contribution is 2.34. The summed E-state index contributed by atoms with van der Waals surface area (Å²) in [6.07, 6.45) is 0. The van der Waals surface area contributed by atoms with E-state index in [1.807, 2.05) is 25.1 Å². The molecule has 0 fully saturated rings. The molecular formula is C15H13BrClFO. The largest absolute Gasteiger partial charge is 0.496 e. The van der Waals surface area contributed by atoms with Gasteiger partial charge in [-0.15, -0.1) is 11.6 Å². The van der Waals surface area contributed by atoms with E-state index in [4.69, 9.17) is 16.3 Å². The zero-order valence-corrected chi connectivity index (χ0v) is 12.9. The van der Waals surface area contributed by atoms with Crippen molar-refractivity contribution in [1.82, 2.24) is 0 Å². The van der Waals surface area contributed by atoms with Crippen molar-refractivity contribution >= 4 is 27.5 Å². The average Bonchev–Trinajstić information content (AvgIpc) is 2.41. The summed E-state index contributed by atoms with van der Waals surface area (Å²) >= 11 is 9.55. The standard InChI is InChI=1S/C15H13BrClFO/c1-9-8-10(6-7-13(9)19-2)14(17)11-4-3-5-12(16)15(11)18/h3-8,14H,1-2H3.